The van der Waals surface area contributed by atoms with Gasteiger partial charge in [0, 0.05) is 30.2 Å². The minimum atomic E-state index is -0.247. The summed E-state index contributed by atoms with van der Waals surface area (Å²) >= 11 is 3.31. The molecular formula is C9H10BrNO2. The molecule has 0 fully saturated rings. The summed E-state index contributed by atoms with van der Waals surface area (Å²) < 4.78 is 5.74. The summed E-state index contributed by atoms with van der Waals surface area (Å²) in [6, 6.07) is 1.95. The van der Waals surface area contributed by atoms with Gasteiger partial charge in [0.2, 0.25) is 0 Å². The molecule has 0 amide bonds. The maximum atomic E-state index is 10.5. The van der Waals surface area contributed by atoms with Gasteiger partial charge in [-0.2, -0.15) is 0 Å². The molecule has 1 rings (SSSR count). The van der Waals surface area contributed by atoms with Gasteiger partial charge in [-0.3, -0.25) is 9.78 Å². The summed E-state index contributed by atoms with van der Waals surface area (Å²) in [5.74, 6) is -0.247. The summed E-state index contributed by atoms with van der Waals surface area (Å²) in [4.78, 5) is 14.4. The van der Waals surface area contributed by atoms with Crippen molar-refractivity contribution in [1.29, 1.82) is 0 Å². The number of halogens is 1. The van der Waals surface area contributed by atoms with E-state index in [2.05, 4.69) is 20.9 Å². The quantitative estimate of drug-likeness (QED) is 0.763. The van der Waals surface area contributed by atoms with E-state index in [0.29, 0.717) is 13.0 Å². The number of aromatic nitrogens is 1. The van der Waals surface area contributed by atoms with Crippen LogP contribution in [0.25, 0.3) is 0 Å². The van der Waals surface area contributed by atoms with Gasteiger partial charge in [-0.1, -0.05) is 0 Å². The Kier molecular flexibility index (Phi) is 3.89. The molecule has 0 aliphatic heterocycles. The highest BCUT2D eigenvalue weighted by atomic mass is 79.9. The van der Waals surface area contributed by atoms with Gasteiger partial charge < -0.3 is 4.74 Å². The molecule has 0 unspecified atom stereocenters. The largest absolute Gasteiger partial charge is 0.466 e. The lowest BCUT2D eigenvalue weighted by molar-refractivity contribution is -0.140. The predicted molar refractivity (Wildman–Crippen MR) is 52.3 cm³/mol. The summed E-state index contributed by atoms with van der Waals surface area (Å²) in [5.41, 5.74) is 1.05. The fraction of sp³-hybridized carbons (Fsp3) is 0.333. The van der Waals surface area contributed by atoms with Gasteiger partial charge in [0.1, 0.15) is 0 Å². The van der Waals surface area contributed by atoms with Crippen molar-refractivity contribution in [2.75, 3.05) is 6.61 Å². The van der Waals surface area contributed by atoms with Crippen molar-refractivity contribution in [3.8, 4) is 0 Å². The molecule has 0 aliphatic carbocycles. The highest BCUT2D eigenvalue weighted by Gasteiger charge is 1.96. The van der Waals surface area contributed by atoms with Crippen molar-refractivity contribution in [1.82, 2.24) is 4.98 Å². The number of esters is 1. The van der Waals surface area contributed by atoms with Crippen LogP contribution in [-0.4, -0.2) is 17.6 Å². The molecular weight excluding hydrogens is 234 g/mol. The van der Waals surface area contributed by atoms with Gasteiger partial charge in [-0.25, -0.2) is 0 Å². The summed E-state index contributed by atoms with van der Waals surface area (Å²) in [6.07, 6.45) is 4.18. The van der Waals surface area contributed by atoms with Crippen LogP contribution in [0.15, 0.2) is 22.9 Å². The van der Waals surface area contributed by atoms with Crippen LogP contribution in [-0.2, 0) is 16.0 Å². The number of pyridine rings is 1. The van der Waals surface area contributed by atoms with E-state index in [1.807, 2.05) is 6.07 Å². The lowest BCUT2D eigenvalue weighted by Crippen LogP contribution is -2.03. The van der Waals surface area contributed by atoms with Gasteiger partial charge in [0.15, 0.2) is 0 Å². The van der Waals surface area contributed by atoms with E-state index in [0.717, 1.165) is 10.0 Å². The highest BCUT2D eigenvalue weighted by Crippen LogP contribution is 2.09. The van der Waals surface area contributed by atoms with Crippen molar-refractivity contribution < 1.29 is 9.53 Å². The maximum absolute atomic E-state index is 10.5. The Hall–Kier alpha value is -0.900. The van der Waals surface area contributed by atoms with Crippen LogP contribution in [0.5, 0.6) is 0 Å². The van der Waals surface area contributed by atoms with E-state index < -0.39 is 0 Å². The first-order chi connectivity index (χ1) is 6.18. The zero-order valence-corrected chi connectivity index (χ0v) is 8.87. The van der Waals surface area contributed by atoms with Crippen LogP contribution in [0.2, 0.25) is 0 Å². The molecule has 4 heteroatoms. The zero-order valence-electron chi connectivity index (χ0n) is 7.29. The smallest absolute Gasteiger partial charge is 0.302 e. The Labute approximate surface area is 85.3 Å². The van der Waals surface area contributed by atoms with Gasteiger partial charge in [0.25, 0.3) is 0 Å². The van der Waals surface area contributed by atoms with Crippen molar-refractivity contribution in [3.05, 3.63) is 28.5 Å². The molecule has 0 saturated carbocycles. The molecule has 0 aromatic carbocycles. The minimum Gasteiger partial charge on any atom is -0.466 e. The van der Waals surface area contributed by atoms with Gasteiger partial charge in [0.05, 0.1) is 6.61 Å². The van der Waals surface area contributed by atoms with Crippen LogP contribution < -0.4 is 0 Å². The third-order valence-electron chi connectivity index (χ3n) is 1.46. The van der Waals surface area contributed by atoms with Crippen LogP contribution >= 0.6 is 15.9 Å². The van der Waals surface area contributed by atoms with E-state index in [4.69, 9.17) is 4.74 Å². The summed E-state index contributed by atoms with van der Waals surface area (Å²) in [6.45, 7) is 1.81. The van der Waals surface area contributed by atoms with E-state index >= 15 is 0 Å². The second kappa shape index (κ2) is 4.97. The Balaban J connectivity index is 2.41. The van der Waals surface area contributed by atoms with Crippen LogP contribution in [0.4, 0.5) is 0 Å². The van der Waals surface area contributed by atoms with Crippen molar-refractivity contribution in [2.45, 2.75) is 13.3 Å². The number of carbonyl (C=O) groups is 1. The molecule has 0 atom stereocenters. The molecule has 1 aromatic heterocycles. The van der Waals surface area contributed by atoms with E-state index in [1.165, 1.54) is 6.92 Å². The molecule has 0 saturated heterocycles. The molecule has 1 aromatic rings. The van der Waals surface area contributed by atoms with Crippen LogP contribution in [0.1, 0.15) is 12.5 Å². The van der Waals surface area contributed by atoms with Gasteiger partial charge in [-0.15, -0.1) is 0 Å². The molecule has 1 heterocycles. The fourth-order valence-corrected chi connectivity index (χ4v) is 1.32. The molecule has 3 nitrogen and oxygen atoms in total. The molecule has 13 heavy (non-hydrogen) atoms. The fourth-order valence-electron chi connectivity index (χ4n) is 0.905. The third kappa shape index (κ3) is 4.03. The lowest BCUT2D eigenvalue weighted by Gasteiger charge is -2.01. The second-order valence-electron chi connectivity index (χ2n) is 2.60. The van der Waals surface area contributed by atoms with Crippen molar-refractivity contribution in [2.24, 2.45) is 0 Å². The van der Waals surface area contributed by atoms with Crippen LogP contribution in [0.3, 0.4) is 0 Å². The number of carbonyl (C=O) groups excluding carboxylic acids is 1. The number of hydrogen-bond acceptors (Lipinski definition) is 3. The third-order valence-corrected chi connectivity index (χ3v) is 1.89. The van der Waals surface area contributed by atoms with E-state index in [9.17, 15) is 4.79 Å². The number of ether oxygens (including phenoxy) is 1. The van der Waals surface area contributed by atoms with Crippen LogP contribution in [0, 0.1) is 0 Å². The highest BCUT2D eigenvalue weighted by molar-refractivity contribution is 9.10. The molecule has 0 N–H and O–H groups in total. The van der Waals surface area contributed by atoms with E-state index in [1.54, 1.807) is 12.4 Å². The maximum Gasteiger partial charge on any atom is 0.302 e. The van der Waals surface area contributed by atoms with Crippen molar-refractivity contribution >= 4 is 21.9 Å². The average molecular weight is 244 g/mol. The average Bonchev–Trinajstić information content (AvgIpc) is 2.03. The molecule has 0 radical (unpaired) electrons. The standard InChI is InChI=1S/C9H10BrNO2/c1-7(12)13-3-2-8-4-9(10)6-11-5-8/h4-6H,2-3H2,1H3. The van der Waals surface area contributed by atoms with Gasteiger partial charge in [-0.05, 0) is 27.6 Å². The predicted octanol–water partition coefficient (Wildman–Crippen LogP) is 1.95. The van der Waals surface area contributed by atoms with Gasteiger partial charge >= 0.3 is 5.97 Å². The Morgan fingerprint density at radius 2 is 2.38 bits per heavy atom. The first-order valence-electron chi connectivity index (χ1n) is 3.91. The monoisotopic (exact) mass is 243 g/mol. The number of hydrogen-bond donors (Lipinski definition) is 0. The normalized spacial score (nSPS) is 9.69. The molecule has 0 bridgehead atoms. The lowest BCUT2D eigenvalue weighted by atomic mass is 10.2. The summed E-state index contributed by atoms with van der Waals surface area (Å²) in [5, 5.41) is 0. The SMILES string of the molecule is CC(=O)OCCc1cncc(Br)c1. The Morgan fingerprint density at radius 3 is 3.00 bits per heavy atom. The number of rotatable bonds is 3. The number of nitrogens with zero attached hydrogens (tertiary/aromatic N) is 1. The topological polar surface area (TPSA) is 39.2 Å². The second-order valence-corrected chi connectivity index (χ2v) is 3.52. The first-order valence-corrected chi connectivity index (χ1v) is 4.70. The first kappa shape index (κ1) is 10.2. The molecule has 0 aliphatic rings. The minimum absolute atomic E-state index is 0.247. The Morgan fingerprint density at radius 1 is 1.62 bits per heavy atom. The van der Waals surface area contributed by atoms with E-state index in [-0.39, 0.29) is 5.97 Å². The zero-order chi connectivity index (χ0) is 9.68. The Bertz CT molecular complexity index is 301. The summed E-state index contributed by atoms with van der Waals surface area (Å²) in [7, 11) is 0. The molecule has 0 spiro atoms. The van der Waals surface area contributed by atoms with Crippen molar-refractivity contribution in [3.63, 3.8) is 0 Å². The molecule has 70 valence electrons.